The van der Waals surface area contributed by atoms with Gasteiger partial charge in [-0.05, 0) is 78.4 Å². The van der Waals surface area contributed by atoms with Crippen molar-refractivity contribution < 1.29 is 14.3 Å². The van der Waals surface area contributed by atoms with Crippen LogP contribution in [0.4, 0.5) is 16.2 Å². The molecule has 2 amide bonds. The predicted molar refractivity (Wildman–Crippen MR) is 105 cm³/mol. The number of halogens is 1. The van der Waals surface area contributed by atoms with Crippen LogP contribution in [0.2, 0.25) is 5.02 Å². The molecule has 1 aliphatic rings. The van der Waals surface area contributed by atoms with Gasteiger partial charge in [-0.3, -0.25) is 10.1 Å². The zero-order chi connectivity index (χ0) is 19.5. The lowest BCUT2D eigenvalue weighted by atomic mass is 9.96. The highest BCUT2D eigenvalue weighted by Crippen LogP contribution is 2.30. The van der Waals surface area contributed by atoms with Gasteiger partial charge in [0.2, 0.25) is 5.91 Å². The molecule has 26 heavy (non-hydrogen) atoms. The minimum Gasteiger partial charge on any atom is -0.444 e. The standard InChI is InChI=1S/C19H28ClN3O3/c1-12-15(21-17(24)13-6-8-23(5)9-7-13)10-14(20)11-16(12)22-18(25)26-19(2,3)4/h10-11,13H,6-9H2,1-5H3,(H,21,24)(H,22,25). The molecule has 2 N–H and O–H groups in total. The first-order chi connectivity index (χ1) is 12.0. The number of carbonyl (C=O) groups excluding carboxylic acids is 2. The zero-order valence-electron chi connectivity index (χ0n) is 16.1. The molecule has 1 aromatic rings. The Morgan fingerprint density at radius 3 is 2.23 bits per heavy atom. The molecule has 0 unspecified atom stereocenters. The first-order valence-electron chi connectivity index (χ1n) is 8.85. The van der Waals surface area contributed by atoms with Crippen molar-refractivity contribution >= 4 is 35.0 Å². The second-order valence-electron chi connectivity index (χ2n) is 7.82. The van der Waals surface area contributed by atoms with E-state index < -0.39 is 11.7 Å². The number of anilines is 2. The van der Waals surface area contributed by atoms with Crippen LogP contribution in [0.3, 0.4) is 0 Å². The van der Waals surface area contributed by atoms with E-state index in [0.29, 0.717) is 16.4 Å². The van der Waals surface area contributed by atoms with Gasteiger partial charge in [0.25, 0.3) is 0 Å². The van der Waals surface area contributed by atoms with E-state index in [1.807, 2.05) is 6.92 Å². The molecule has 1 aromatic carbocycles. The van der Waals surface area contributed by atoms with Crippen molar-refractivity contribution in [3.8, 4) is 0 Å². The van der Waals surface area contributed by atoms with E-state index in [0.717, 1.165) is 31.5 Å². The van der Waals surface area contributed by atoms with Gasteiger partial charge in [0, 0.05) is 16.6 Å². The number of carbonyl (C=O) groups is 2. The molecule has 0 aromatic heterocycles. The smallest absolute Gasteiger partial charge is 0.412 e. The van der Waals surface area contributed by atoms with E-state index in [1.54, 1.807) is 32.9 Å². The summed E-state index contributed by atoms with van der Waals surface area (Å²) in [5.41, 5.74) is 1.27. The number of nitrogens with one attached hydrogen (secondary N) is 2. The van der Waals surface area contributed by atoms with Gasteiger partial charge < -0.3 is 15.0 Å². The Morgan fingerprint density at radius 2 is 1.69 bits per heavy atom. The SMILES string of the molecule is Cc1c(NC(=O)OC(C)(C)C)cc(Cl)cc1NC(=O)C1CCN(C)CC1. The number of ether oxygens (including phenoxy) is 1. The quantitative estimate of drug-likeness (QED) is 0.819. The molecular formula is C19H28ClN3O3. The van der Waals surface area contributed by atoms with Crippen LogP contribution in [0, 0.1) is 12.8 Å². The van der Waals surface area contributed by atoms with Crippen LogP contribution in [-0.4, -0.2) is 42.6 Å². The minimum absolute atomic E-state index is 0.00755. The molecule has 0 spiro atoms. The summed E-state index contributed by atoms with van der Waals surface area (Å²) in [4.78, 5) is 26.8. The Balaban J connectivity index is 2.11. The Labute approximate surface area is 160 Å². The lowest BCUT2D eigenvalue weighted by Crippen LogP contribution is -2.36. The van der Waals surface area contributed by atoms with Crippen molar-refractivity contribution in [2.24, 2.45) is 5.92 Å². The molecule has 1 fully saturated rings. The van der Waals surface area contributed by atoms with E-state index in [2.05, 4.69) is 22.6 Å². The fourth-order valence-electron chi connectivity index (χ4n) is 2.86. The summed E-state index contributed by atoms with van der Waals surface area (Å²) in [5.74, 6) is -0.0152. The van der Waals surface area contributed by atoms with E-state index in [1.165, 1.54) is 0 Å². The number of likely N-dealkylation sites (tertiary alicyclic amines) is 1. The predicted octanol–water partition coefficient (Wildman–Crippen LogP) is 4.28. The van der Waals surface area contributed by atoms with E-state index in [9.17, 15) is 9.59 Å². The van der Waals surface area contributed by atoms with Crippen molar-refractivity contribution in [2.45, 2.75) is 46.1 Å². The molecule has 1 saturated heterocycles. The summed E-state index contributed by atoms with van der Waals surface area (Å²) in [6, 6.07) is 3.34. The van der Waals surface area contributed by atoms with Gasteiger partial charge in [-0.15, -0.1) is 0 Å². The number of rotatable bonds is 3. The third-order valence-corrected chi connectivity index (χ3v) is 4.57. The van der Waals surface area contributed by atoms with Crippen LogP contribution in [0.15, 0.2) is 12.1 Å². The van der Waals surface area contributed by atoms with Crippen LogP contribution in [0.25, 0.3) is 0 Å². The van der Waals surface area contributed by atoms with E-state index >= 15 is 0 Å². The van der Waals surface area contributed by atoms with E-state index in [4.69, 9.17) is 16.3 Å². The number of hydrogen-bond acceptors (Lipinski definition) is 4. The highest BCUT2D eigenvalue weighted by molar-refractivity contribution is 6.31. The second-order valence-corrected chi connectivity index (χ2v) is 8.26. The first-order valence-corrected chi connectivity index (χ1v) is 9.22. The van der Waals surface area contributed by atoms with Crippen LogP contribution < -0.4 is 10.6 Å². The number of benzene rings is 1. The molecule has 0 aliphatic carbocycles. The fraction of sp³-hybridized carbons (Fsp3) is 0.579. The molecule has 6 nitrogen and oxygen atoms in total. The third-order valence-electron chi connectivity index (χ3n) is 4.36. The molecule has 0 bridgehead atoms. The monoisotopic (exact) mass is 381 g/mol. The summed E-state index contributed by atoms with van der Waals surface area (Å²) < 4.78 is 5.28. The highest BCUT2D eigenvalue weighted by Gasteiger charge is 2.24. The number of piperidine rings is 1. The number of nitrogens with zero attached hydrogens (tertiary/aromatic N) is 1. The molecule has 0 saturated carbocycles. The zero-order valence-corrected chi connectivity index (χ0v) is 16.9. The fourth-order valence-corrected chi connectivity index (χ4v) is 3.08. The Kier molecular flexibility index (Phi) is 6.53. The maximum Gasteiger partial charge on any atom is 0.412 e. The second kappa shape index (κ2) is 8.27. The molecule has 2 rings (SSSR count). The average molecular weight is 382 g/mol. The molecular weight excluding hydrogens is 354 g/mol. The Bertz CT molecular complexity index is 677. The Morgan fingerprint density at radius 1 is 1.15 bits per heavy atom. The lowest BCUT2D eigenvalue weighted by Gasteiger charge is -2.28. The largest absolute Gasteiger partial charge is 0.444 e. The number of hydrogen-bond donors (Lipinski definition) is 2. The van der Waals surface area contributed by atoms with Crippen LogP contribution >= 0.6 is 11.6 Å². The molecule has 0 radical (unpaired) electrons. The topological polar surface area (TPSA) is 70.7 Å². The number of amides is 2. The van der Waals surface area contributed by atoms with E-state index in [-0.39, 0.29) is 11.8 Å². The summed E-state index contributed by atoms with van der Waals surface area (Å²) in [6.45, 7) is 9.05. The Hall–Kier alpha value is -1.79. The third kappa shape index (κ3) is 5.88. The lowest BCUT2D eigenvalue weighted by molar-refractivity contribution is -0.121. The van der Waals surface area contributed by atoms with Gasteiger partial charge in [-0.25, -0.2) is 4.79 Å². The highest BCUT2D eigenvalue weighted by atomic mass is 35.5. The van der Waals surface area contributed by atoms with Crippen LogP contribution in [0.1, 0.15) is 39.2 Å². The van der Waals surface area contributed by atoms with Gasteiger partial charge in [0.05, 0.1) is 5.69 Å². The van der Waals surface area contributed by atoms with Gasteiger partial charge in [-0.1, -0.05) is 11.6 Å². The molecule has 7 heteroatoms. The minimum atomic E-state index is -0.595. The average Bonchev–Trinajstić information content (AvgIpc) is 2.50. The maximum absolute atomic E-state index is 12.6. The maximum atomic E-state index is 12.6. The molecule has 144 valence electrons. The normalized spacial score (nSPS) is 16.2. The van der Waals surface area contributed by atoms with Crippen molar-refractivity contribution in [3.63, 3.8) is 0 Å². The molecule has 0 atom stereocenters. The molecule has 1 aliphatic heterocycles. The molecule has 1 heterocycles. The van der Waals surface area contributed by atoms with Crippen molar-refractivity contribution in [2.75, 3.05) is 30.8 Å². The van der Waals surface area contributed by atoms with Gasteiger partial charge in [-0.2, -0.15) is 0 Å². The summed E-state index contributed by atoms with van der Waals surface area (Å²) in [5, 5.41) is 6.10. The van der Waals surface area contributed by atoms with Crippen molar-refractivity contribution in [1.29, 1.82) is 0 Å². The summed E-state index contributed by atoms with van der Waals surface area (Å²) in [6.07, 6.45) is 1.12. The first kappa shape index (κ1) is 20.5. The van der Waals surface area contributed by atoms with Crippen molar-refractivity contribution in [3.05, 3.63) is 22.7 Å². The summed E-state index contributed by atoms with van der Waals surface area (Å²) in [7, 11) is 2.06. The van der Waals surface area contributed by atoms with Gasteiger partial charge >= 0.3 is 6.09 Å². The van der Waals surface area contributed by atoms with Gasteiger partial charge in [0.1, 0.15) is 5.60 Å². The van der Waals surface area contributed by atoms with Crippen LogP contribution in [-0.2, 0) is 9.53 Å². The van der Waals surface area contributed by atoms with Crippen molar-refractivity contribution in [1.82, 2.24) is 4.90 Å². The van der Waals surface area contributed by atoms with Gasteiger partial charge in [0.15, 0.2) is 0 Å². The van der Waals surface area contributed by atoms with Crippen LogP contribution in [0.5, 0.6) is 0 Å². The summed E-state index contributed by atoms with van der Waals surface area (Å²) >= 11 is 6.18.